The zero-order chi connectivity index (χ0) is 14.8. The lowest BCUT2D eigenvalue weighted by Crippen LogP contribution is -2.33. The van der Waals surface area contributed by atoms with Crippen LogP contribution in [0.15, 0.2) is 86.0 Å². The largest absolute Gasteiger partial charge is 0.323 e. The molecular formula is C18H16N4. The van der Waals surface area contributed by atoms with Crippen LogP contribution in [0.5, 0.6) is 0 Å². The molecule has 0 N–H and O–H groups in total. The second-order valence-electron chi connectivity index (χ2n) is 5.40. The van der Waals surface area contributed by atoms with E-state index in [4.69, 9.17) is 0 Å². The van der Waals surface area contributed by atoms with Gasteiger partial charge in [0.05, 0.1) is 18.2 Å². The maximum absolute atomic E-state index is 4.23. The SMILES string of the molecule is C1=CC(c2ccccc2)(n2ccnc2)CC=C1n1ccnc1. The van der Waals surface area contributed by atoms with Crippen LogP contribution >= 0.6 is 0 Å². The van der Waals surface area contributed by atoms with Gasteiger partial charge >= 0.3 is 0 Å². The highest BCUT2D eigenvalue weighted by Crippen LogP contribution is 2.36. The van der Waals surface area contributed by atoms with Gasteiger partial charge in [0.2, 0.25) is 0 Å². The normalized spacial score (nSPS) is 20.8. The van der Waals surface area contributed by atoms with Crippen LogP contribution in [-0.4, -0.2) is 19.1 Å². The number of hydrogen-bond acceptors (Lipinski definition) is 2. The van der Waals surface area contributed by atoms with E-state index < -0.39 is 0 Å². The third-order valence-corrected chi connectivity index (χ3v) is 4.19. The molecule has 2 aromatic heterocycles. The Morgan fingerprint density at radius 3 is 2.41 bits per heavy atom. The molecule has 4 rings (SSSR count). The van der Waals surface area contributed by atoms with Crippen LogP contribution in [0, 0.1) is 0 Å². The summed E-state index contributed by atoms with van der Waals surface area (Å²) >= 11 is 0. The van der Waals surface area contributed by atoms with Crippen LogP contribution in [-0.2, 0) is 5.54 Å². The van der Waals surface area contributed by atoms with E-state index in [2.05, 4.69) is 57.0 Å². The molecule has 0 bridgehead atoms. The Morgan fingerprint density at radius 2 is 1.77 bits per heavy atom. The predicted molar refractivity (Wildman–Crippen MR) is 86.0 cm³/mol. The third-order valence-electron chi connectivity index (χ3n) is 4.19. The molecule has 1 atom stereocenters. The molecule has 0 aliphatic heterocycles. The summed E-state index contributed by atoms with van der Waals surface area (Å²) in [6.07, 6.45) is 18.8. The Hall–Kier alpha value is -2.88. The van der Waals surface area contributed by atoms with E-state index in [1.807, 2.05) is 41.9 Å². The van der Waals surface area contributed by atoms with E-state index in [-0.39, 0.29) is 5.54 Å². The summed E-state index contributed by atoms with van der Waals surface area (Å²) in [5.41, 5.74) is 2.18. The molecule has 22 heavy (non-hydrogen) atoms. The molecule has 1 unspecified atom stereocenters. The first-order valence-electron chi connectivity index (χ1n) is 7.30. The van der Waals surface area contributed by atoms with E-state index in [0.29, 0.717) is 0 Å². The number of nitrogens with zero attached hydrogens (tertiary/aromatic N) is 4. The Labute approximate surface area is 129 Å². The fourth-order valence-electron chi connectivity index (χ4n) is 3.00. The Balaban J connectivity index is 1.78. The van der Waals surface area contributed by atoms with Crippen LogP contribution in [0.4, 0.5) is 0 Å². The quantitative estimate of drug-likeness (QED) is 0.741. The number of imidazole rings is 2. The third kappa shape index (κ3) is 2.00. The highest BCUT2D eigenvalue weighted by molar-refractivity contribution is 5.61. The number of aromatic nitrogens is 4. The number of allylic oxidation sites excluding steroid dienone is 4. The van der Waals surface area contributed by atoms with Gasteiger partial charge in [0.25, 0.3) is 0 Å². The molecule has 4 nitrogen and oxygen atoms in total. The van der Waals surface area contributed by atoms with Crippen molar-refractivity contribution in [3.8, 4) is 0 Å². The lowest BCUT2D eigenvalue weighted by atomic mass is 9.83. The van der Waals surface area contributed by atoms with E-state index in [1.165, 1.54) is 5.56 Å². The van der Waals surface area contributed by atoms with Gasteiger partial charge in [-0.2, -0.15) is 0 Å². The second-order valence-corrected chi connectivity index (χ2v) is 5.40. The zero-order valence-corrected chi connectivity index (χ0v) is 12.1. The maximum atomic E-state index is 4.23. The van der Waals surface area contributed by atoms with Gasteiger partial charge in [-0.05, 0) is 18.1 Å². The average molecular weight is 288 g/mol. The van der Waals surface area contributed by atoms with Crippen molar-refractivity contribution in [2.75, 3.05) is 0 Å². The van der Waals surface area contributed by atoms with Gasteiger partial charge in [-0.25, -0.2) is 9.97 Å². The van der Waals surface area contributed by atoms with Crippen molar-refractivity contribution in [3.05, 3.63) is 91.6 Å². The fraction of sp³-hybridized carbons (Fsp3) is 0.111. The van der Waals surface area contributed by atoms with Crippen LogP contribution in [0.3, 0.4) is 0 Å². The minimum absolute atomic E-state index is 0.220. The first-order chi connectivity index (χ1) is 10.9. The lowest BCUT2D eigenvalue weighted by molar-refractivity contribution is 0.449. The maximum Gasteiger partial charge on any atom is 0.0991 e. The molecule has 0 saturated heterocycles. The highest BCUT2D eigenvalue weighted by atomic mass is 15.1. The van der Waals surface area contributed by atoms with Crippen molar-refractivity contribution in [2.45, 2.75) is 12.0 Å². The van der Waals surface area contributed by atoms with Gasteiger partial charge in [0.15, 0.2) is 0 Å². The summed E-state index contributed by atoms with van der Waals surface area (Å²) < 4.78 is 4.19. The van der Waals surface area contributed by atoms with Crippen molar-refractivity contribution < 1.29 is 0 Å². The molecule has 4 heteroatoms. The molecule has 108 valence electrons. The minimum atomic E-state index is -0.220. The van der Waals surface area contributed by atoms with Crippen molar-refractivity contribution in [3.63, 3.8) is 0 Å². The van der Waals surface area contributed by atoms with E-state index >= 15 is 0 Å². The van der Waals surface area contributed by atoms with Crippen molar-refractivity contribution >= 4 is 5.70 Å². The summed E-state index contributed by atoms with van der Waals surface area (Å²) in [4.78, 5) is 8.34. The van der Waals surface area contributed by atoms with Crippen molar-refractivity contribution in [2.24, 2.45) is 0 Å². The van der Waals surface area contributed by atoms with Crippen LogP contribution in [0.1, 0.15) is 12.0 Å². The first kappa shape index (κ1) is 12.8. The van der Waals surface area contributed by atoms with Gasteiger partial charge < -0.3 is 9.13 Å². The van der Waals surface area contributed by atoms with Gasteiger partial charge in [-0.15, -0.1) is 0 Å². The Morgan fingerprint density at radius 1 is 0.955 bits per heavy atom. The van der Waals surface area contributed by atoms with E-state index in [1.54, 1.807) is 6.20 Å². The number of hydrogen-bond donors (Lipinski definition) is 0. The van der Waals surface area contributed by atoms with Crippen molar-refractivity contribution in [1.82, 2.24) is 19.1 Å². The molecule has 0 spiro atoms. The summed E-state index contributed by atoms with van der Waals surface area (Å²) in [5.74, 6) is 0. The van der Waals surface area contributed by atoms with Gasteiger partial charge in [-0.3, -0.25) is 0 Å². The molecule has 1 aliphatic rings. The van der Waals surface area contributed by atoms with Crippen LogP contribution in [0.25, 0.3) is 5.70 Å². The molecule has 0 fully saturated rings. The highest BCUT2D eigenvalue weighted by Gasteiger charge is 2.32. The lowest BCUT2D eigenvalue weighted by Gasteiger charge is -2.34. The van der Waals surface area contributed by atoms with Crippen LogP contribution < -0.4 is 0 Å². The first-order valence-corrected chi connectivity index (χ1v) is 7.30. The fourth-order valence-corrected chi connectivity index (χ4v) is 3.00. The van der Waals surface area contributed by atoms with Gasteiger partial charge in [-0.1, -0.05) is 42.5 Å². The van der Waals surface area contributed by atoms with Gasteiger partial charge in [0.1, 0.15) is 0 Å². The molecule has 0 amide bonds. The van der Waals surface area contributed by atoms with Crippen LogP contribution in [0.2, 0.25) is 0 Å². The average Bonchev–Trinajstić information content (AvgIpc) is 3.29. The summed E-state index contributed by atoms with van der Waals surface area (Å²) in [5, 5.41) is 0. The number of rotatable bonds is 3. The Bertz CT molecular complexity index is 798. The molecule has 1 aromatic carbocycles. The topological polar surface area (TPSA) is 35.6 Å². The minimum Gasteiger partial charge on any atom is -0.323 e. The summed E-state index contributed by atoms with van der Waals surface area (Å²) in [6.45, 7) is 0. The number of benzene rings is 1. The molecule has 1 aliphatic carbocycles. The molecule has 0 radical (unpaired) electrons. The smallest absolute Gasteiger partial charge is 0.0991 e. The molecule has 2 heterocycles. The van der Waals surface area contributed by atoms with Crippen molar-refractivity contribution in [1.29, 1.82) is 0 Å². The van der Waals surface area contributed by atoms with Gasteiger partial charge in [0, 0.05) is 30.5 Å². The second kappa shape index (κ2) is 5.15. The van der Waals surface area contributed by atoms with E-state index in [9.17, 15) is 0 Å². The predicted octanol–water partition coefficient (Wildman–Crippen LogP) is 3.32. The standard InChI is InChI=1S/C18H16N4/c1-2-4-16(5-3-1)18(22-13-11-20-15-22)8-6-17(7-9-18)21-12-10-19-14-21/h1-8,10-15H,9H2. The monoisotopic (exact) mass is 288 g/mol. The molecular weight excluding hydrogens is 272 g/mol. The Kier molecular flexibility index (Phi) is 3.00. The molecule has 3 aromatic rings. The van der Waals surface area contributed by atoms with E-state index in [0.717, 1.165) is 12.1 Å². The summed E-state index contributed by atoms with van der Waals surface area (Å²) in [6, 6.07) is 10.5. The summed E-state index contributed by atoms with van der Waals surface area (Å²) in [7, 11) is 0. The zero-order valence-electron chi connectivity index (χ0n) is 12.1. The molecule has 0 saturated carbocycles.